The normalized spacial score (nSPS) is 26.7. The van der Waals surface area contributed by atoms with Gasteiger partial charge in [0.05, 0.1) is 13.2 Å². The van der Waals surface area contributed by atoms with Crippen LogP contribution >= 0.6 is 0 Å². The molecule has 2 N–H and O–H groups in total. The van der Waals surface area contributed by atoms with Crippen LogP contribution in [0.15, 0.2) is 0 Å². The van der Waals surface area contributed by atoms with Crippen LogP contribution in [0.1, 0.15) is 46.0 Å². The third-order valence-electron chi connectivity index (χ3n) is 4.50. The lowest BCUT2D eigenvalue weighted by atomic mass is 9.85. The zero-order valence-corrected chi connectivity index (χ0v) is 13.2. The number of aliphatic hydroxyl groups excluding tert-OH is 1. The average Bonchev–Trinajstić information content (AvgIpc) is 2.78. The molecule has 0 aromatic heterocycles. The molecule has 0 aliphatic heterocycles. The van der Waals surface area contributed by atoms with Crippen LogP contribution in [-0.4, -0.2) is 54.5 Å². The first-order valence-corrected chi connectivity index (χ1v) is 8.02. The molecule has 6 heteroatoms. The summed E-state index contributed by atoms with van der Waals surface area (Å²) in [5.41, 5.74) is -0.287. The number of alkyl halides is 3. The van der Waals surface area contributed by atoms with E-state index in [1.165, 1.54) is 4.90 Å². The molecule has 2 atom stereocenters. The molecule has 1 saturated carbocycles. The number of halogens is 3. The van der Waals surface area contributed by atoms with Crippen LogP contribution < -0.4 is 5.32 Å². The van der Waals surface area contributed by atoms with Crippen molar-refractivity contribution in [3.05, 3.63) is 0 Å². The molecule has 2 unspecified atom stereocenters. The number of nitrogens with one attached hydrogen (secondary N) is 1. The first kappa shape index (κ1) is 18.7. The van der Waals surface area contributed by atoms with Crippen molar-refractivity contribution in [3.8, 4) is 0 Å². The molecule has 0 heterocycles. The molecule has 0 aromatic rings. The van der Waals surface area contributed by atoms with E-state index in [0.29, 0.717) is 19.5 Å². The van der Waals surface area contributed by atoms with Crippen LogP contribution in [-0.2, 0) is 0 Å². The lowest BCUT2D eigenvalue weighted by Gasteiger charge is -2.36. The molecule has 0 spiro atoms. The first-order valence-electron chi connectivity index (χ1n) is 8.02. The SMILES string of the molecule is CCCN(CCC1CCCC1(CO)NCC)CC(F)(F)F. The van der Waals surface area contributed by atoms with Crippen LogP contribution in [0.4, 0.5) is 13.2 Å². The van der Waals surface area contributed by atoms with E-state index in [-0.39, 0.29) is 18.1 Å². The second-order valence-electron chi connectivity index (χ2n) is 6.11. The zero-order valence-electron chi connectivity index (χ0n) is 13.2. The number of rotatable bonds is 9. The van der Waals surface area contributed by atoms with Crippen LogP contribution in [0.3, 0.4) is 0 Å². The summed E-state index contributed by atoms with van der Waals surface area (Å²) in [5.74, 6) is 0.259. The summed E-state index contributed by atoms with van der Waals surface area (Å²) >= 11 is 0. The molecule has 1 aliphatic rings. The maximum absolute atomic E-state index is 12.6. The minimum atomic E-state index is -4.14. The monoisotopic (exact) mass is 310 g/mol. The van der Waals surface area contributed by atoms with Crippen LogP contribution in [0.5, 0.6) is 0 Å². The molecule has 0 aromatic carbocycles. The standard InChI is InChI=1S/C15H29F3N2O/c1-3-9-20(11-15(16,17)18)10-7-13-6-5-8-14(13,12-21)19-4-2/h13,19,21H,3-12H2,1-2H3. The van der Waals surface area contributed by atoms with Gasteiger partial charge in [-0.1, -0.05) is 20.3 Å². The van der Waals surface area contributed by atoms with Crippen LogP contribution in [0.2, 0.25) is 0 Å². The average molecular weight is 310 g/mol. The highest BCUT2D eigenvalue weighted by molar-refractivity contribution is 4.98. The highest BCUT2D eigenvalue weighted by Gasteiger charge is 2.41. The molecular formula is C15H29F3N2O. The maximum atomic E-state index is 12.6. The van der Waals surface area contributed by atoms with Crippen molar-refractivity contribution < 1.29 is 18.3 Å². The van der Waals surface area contributed by atoms with Gasteiger partial charge in [-0.15, -0.1) is 0 Å². The van der Waals surface area contributed by atoms with E-state index in [9.17, 15) is 18.3 Å². The third-order valence-corrected chi connectivity index (χ3v) is 4.50. The van der Waals surface area contributed by atoms with Gasteiger partial charge in [-0.05, 0) is 51.2 Å². The topological polar surface area (TPSA) is 35.5 Å². The minimum absolute atomic E-state index is 0.0680. The van der Waals surface area contributed by atoms with Crippen LogP contribution in [0.25, 0.3) is 0 Å². The van der Waals surface area contributed by atoms with Gasteiger partial charge in [0.2, 0.25) is 0 Å². The van der Waals surface area contributed by atoms with Crippen molar-refractivity contribution in [1.29, 1.82) is 0 Å². The van der Waals surface area contributed by atoms with Crippen molar-refractivity contribution in [2.75, 3.05) is 32.8 Å². The van der Waals surface area contributed by atoms with E-state index >= 15 is 0 Å². The molecule has 0 bridgehead atoms. The highest BCUT2D eigenvalue weighted by Crippen LogP contribution is 2.37. The quantitative estimate of drug-likeness (QED) is 0.687. The van der Waals surface area contributed by atoms with E-state index < -0.39 is 12.7 Å². The van der Waals surface area contributed by atoms with Crippen molar-refractivity contribution in [1.82, 2.24) is 10.2 Å². The predicted molar refractivity (Wildman–Crippen MR) is 78.2 cm³/mol. The summed E-state index contributed by atoms with van der Waals surface area (Å²) in [5, 5.41) is 13.1. The molecule has 3 nitrogen and oxygen atoms in total. The third kappa shape index (κ3) is 5.75. The molecule has 1 rings (SSSR count). The predicted octanol–water partition coefficient (Wildman–Crippen LogP) is 2.79. The number of hydrogen-bond donors (Lipinski definition) is 2. The Balaban J connectivity index is 2.57. The van der Waals surface area contributed by atoms with Gasteiger partial charge in [-0.2, -0.15) is 13.2 Å². The summed E-state index contributed by atoms with van der Waals surface area (Å²) < 4.78 is 37.7. The Labute approximate surface area is 125 Å². The molecule has 0 radical (unpaired) electrons. The Bertz CT molecular complexity index is 299. The lowest BCUT2D eigenvalue weighted by molar-refractivity contribution is -0.146. The summed E-state index contributed by atoms with van der Waals surface area (Å²) in [6.07, 6.45) is 0.225. The lowest BCUT2D eigenvalue weighted by Crippen LogP contribution is -2.52. The maximum Gasteiger partial charge on any atom is 0.401 e. The molecule has 0 saturated heterocycles. The van der Waals surface area contributed by atoms with Gasteiger partial charge in [0.25, 0.3) is 0 Å². The molecule has 126 valence electrons. The first-order chi connectivity index (χ1) is 9.87. The van der Waals surface area contributed by atoms with Crippen molar-refractivity contribution >= 4 is 0 Å². The van der Waals surface area contributed by atoms with Crippen molar-refractivity contribution in [3.63, 3.8) is 0 Å². The summed E-state index contributed by atoms with van der Waals surface area (Å²) in [6, 6.07) is 0. The number of nitrogens with zero attached hydrogens (tertiary/aromatic N) is 1. The van der Waals surface area contributed by atoms with E-state index in [2.05, 4.69) is 5.32 Å². The zero-order chi connectivity index (χ0) is 15.9. The summed E-state index contributed by atoms with van der Waals surface area (Å²) in [7, 11) is 0. The molecule has 1 fully saturated rings. The van der Waals surface area contributed by atoms with Gasteiger partial charge in [0.1, 0.15) is 0 Å². The van der Waals surface area contributed by atoms with Gasteiger partial charge in [0, 0.05) is 5.54 Å². The molecular weight excluding hydrogens is 281 g/mol. The van der Waals surface area contributed by atoms with Crippen LogP contribution in [0, 0.1) is 5.92 Å². The van der Waals surface area contributed by atoms with E-state index in [4.69, 9.17) is 0 Å². The summed E-state index contributed by atoms with van der Waals surface area (Å²) in [6.45, 7) is 4.83. The number of hydrogen-bond acceptors (Lipinski definition) is 3. The van der Waals surface area contributed by atoms with Crippen molar-refractivity contribution in [2.24, 2.45) is 5.92 Å². The van der Waals surface area contributed by atoms with Gasteiger partial charge in [-0.25, -0.2) is 0 Å². The number of likely N-dealkylation sites (N-methyl/N-ethyl adjacent to an activating group) is 1. The fourth-order valence-corrected chi connectivity index (χ4v) is 3.59. The van der Waals surface area contributed by atoms with E-state index in [1.54, 1.807) is 0 Å². The summed E-state index contributed by atoms with van der Waals surface area (Å²) in [4.78, 5) is 1.49. The Kier molecular flexibility index (Phi) is 7.44. The fourth-order valence-electron chi connectivity index (χ4n) is 3.59. The Hall–Kier alpha value is -0.330. The number of aliphatic hydroxyl groups is 1. The second kappa shape index (κ2) is 8.34. The molecule has 21 heavy (non-hydrogen) atoms. The highest BCUT2D eigenvalue weighted by atomic mass is 19.4. The molecule has 1 aliphatic carbocycles. The van der Waals surface area contributed by atoms with Gasteiger partial charge >= 0.3 is 6.18 Å². The van der Waals surface area contributed by atoms with Gasteiger partial charge in [-0.3, -0.25) is 4.90 Å². The largest absolute Gasteiger partial charge is 0.401 e. The minimum Gasteiger partial charge on any atom is -0.394 e. The van der Waals surface area contributed by atoms with Gasteiger partial charge < -0.3 is 10.4 Å². The Morgan fingerprint density at radius 3 is 2.52 bits per heavy atom. The van der Waals surface area contributed by atoms with E-state index in [1.807, 2.05) is 13.8 Å². The second-order valence-corrected chi connectivity index (χ2v) is 6.11. The molecule has 0 amide bonds. The van der Waals surface area contributed by atoms with Crippen molar-refractivity contribution in [2.45, 2.75) is 57.7 Å². The van der Waals surface area contributed by atoms with Gasteiger partial charge in [0.15, 0.2) is 0 Å². The van der Waals surface area contributed by atoms with E-state index in [0.717, 1.165) is 32.2 Å². The Morgan fingerprint density at radius 2 is 2.00 bits per heavy atom. The smallest absolute Gasteiger partial charge is 0.394 e. The fraction of sp³-hybridized carbons (Fsp3) is 1.00. The Morgan fingerprint density at radius 1 is 1.29 bits per heavy atom.